The van der Waals surface area contributed by atoms with Crippen molar-refractivity contribution in [2.45, 2.75) is 70.6 Å². The van der Waals surface area contributed by atoms with Crippen molar-refractivity contribution < 1.29 is 5.11 Å². The van der Waals surface area contributed by atoms with E-state index >= 15 is 0 Å². The Balaban J connectivity index is 2.15. The molecule has 0 aromatic heterocycles. The van der Waals surface area contributed by atoms with Crippen LogP contribution in [0.25, 0.3) is 0 Å². The number of rotatable bonds is 4. The second-order valence-corrected chi connectivity index (χ2v) is 5.94. The highest BCUT2D eigenvalue weighted by Gasteiger charge is 2.20. The fraction of sp³-hybridized carbons (Fsp3) is 1.00. The summed E-state index contributed by atoms with van der Waals surface area (Å²) in [5.74, 6) is 0. The molecule has 0 heterocycles. The Kier molecular flexibility index (Phi) is 5.73. The van der Waals surface area contributed by atoms with E-state index in [-0.39, 0.29) is 11.6 Å². The molecule has 0 aromatic rings. The third kappa shape index (κ3) is 5.83. The highest BCUT2D eigenvalue weighted by molar-refractivity contribution is 4.79. The van der Waals surface area contributed by atoms with Crippen molar-refractivity contribution in [1.29, 1.82) is 0 Å². The highest BCUT2D eigenvalue weighted by atomic mass is 16.3. The molecule has 1 saturated carbocycles. The van der Waals surface area contributed by atoms with Gasteiger partial charge in [0.15, 0.2) is 0 Å². The highest BCUT2D eigenvalue weighted by Crippen LogP contribution is 2.17. The van der Waals surface area contributed by atoms with E-state index in [0.29, 0.717) is 6.04 Å². The summed E-state index contributed by atoms with van der Waals surface area (Å²) in [6.45, 7) is 8.43. The van der Waals surface area contributed by atoms with Gasteiger partial charge in [0.25, 0.3) is 0 Å². The Morgan fingerprint density at radius 3 is 2.44 bits per heavy atom. The number of hydrogen-bond acceptors (Lipinski definition) is 3. The Morgan fingerprint density at radius 1 is 1.06 bits per heavy atom. The summed E-state index contributed by atoms with van der Waals surface area (Å²) in [6, 6.07) is 0.310. The molecule has 3 N–H and O–H groups in total. The molecule has 0 spiro atoms. The zero-order chi connectivity index (χ0) is 12.0. The molecular weight excluding hydrogens is 200 g/mol. The van der Waals surface area contributed by atoms with E-state index in [0.717, 1.165) is 25.9 Å². The van der Waals surface area contributed by atoms with Gasteiger partial charge < -0.3 is 15.7 Å². The van der Waals surface area contributed by atoms with Crippen LogP contribution in [0.3, 0.4) is 0 Å². The summed E-state index contributed by atoms with van der Waals surface area (Å²) in [5.41, 5.74) is 0.184. The van der Waals surface area contributed by atoms with Gasteiger partial charge in [0.05, 0.1) is 6.10 Å². The van der Waals surface area contributed by atoms with Gasteiger partial charge in [0.2, 0.25) is 0 Å². The predicted octanol–water partition coefficient (Wildman–Crippen LogP) is 1.66. The quantitative estimate of drug-likeness (QED) is 0.506. The lowest BCUT2D eigenvalue weighted by Crippen LogP contribution is -2.45. The van der Waals surface area contributed by atoms with E-state index in [4.69, 9.17) is 0 Å². The van der Waals surface area contributed by atoms with Crippen molar-refractivity contribution in [1.82, 2.24) is 10.6 Å². The first kappa shape index (κ1) is 13.9. The third-order valence-electron chi connectivity index (χ3n) is 3.17. The van der Waals surface area contributed by atoms with E-state index < -0.39 is 0 Å². The van der Waals surface area contributed by atoms with Crippen LogP contribution in [-0.2, 0) is 0 Å². The lowest BCUT2D eigenvalue weighted by molar-refractivity contribution is 0.120. The van der Waals surface area contributed by atoms with Crippen molar-refractivity contribution >= 4 is 0 Å². The maximum atomic E-state index is 9.93. The maximum Gasteiger partial charge on any atom is 0.0693 e. The Hall–Kier alpha value is -0.120. The minimum atomic E-state index is -0.142. The normalized spacial score (nSPS) is 27.8. The molecule has 1 rings (SSSR count). The van der Waals surface area contributed by atoms with Crippen molar-refractivity contribution in [3.05, 3.63) is 0 Å². The topological polar surface area (TPSA) is 44.3 Å². The molecule has 0 aromatic carbocycles. The molecule has 1 aliphatic carbocycles. The molecule has 0 radical (unpaired) electrons. The summed E-state index contributed by atoms with van der Waals surface area (Å²) >= 11 is 0. The van der Waals surface area contributed by atoms with Gasteiger partial charge in [-0.05, 0) is 33.6 Å². The van der Waals surface area contributed by atoms with Crippen molar-refractivity contribution in [3.8, 4) is 0 Å². The molecule has 2 atom stereocenters. The summed E-state index contributed by atoms with van der Waals surface area (Å²) in [5, 5.41) is 16.8. The molecule has 3 heteroatoms. The predicted molar refractivity (Wildman–Crippen MR) is 68.6 cm³/mol. The van der Waals surface area contributed by atoms with Crippen LogP contribution < -0.4 is 10.6 Å². The zero-order valence-corrected chi connectivity index (χ0v) is 11.1. The van der Waals surface area contributed by atoms with Gasteiger partial charge in [0.1, 0.15) is 0 Å². The van der Waals surface area contributed by atoms with Gasteiger partial charge in [-0.3, -0.25) is 0 Å². The smallest absolute Gasteiger partial charge is 0.0693 e. The van der Waals surface area contributed by atoms with Crippen LogP contribution in [0.15, 0.2) is 0 Å². The van der Waals surface area contributed by atoms with Gasteiger partial charge in [0, 0.05) is 24.7 Å². The standard InChI is InChI=1S/C13H28N2O/c1-13(2,3)15-10-9-14-11-7-5-4-6-8-12(11)16/h11-12,14-16H,4-10H2,1-3H3. The molecule has 0 amide bonds. The monoisotopic (exact) mass is 228 g/mol. The Morgan fingerprint density at radius 2 is 1.75 bits per heavy atom. The maximum absolute atomic E-state index is 9.93. The van der Waals surface area contributed by atoms with Crippen LogP contribution in [0, 0.1) is 0 Å². The average molecular weight is 228 g/mol. The first-order chi connectivity index (χ1) is 7.49. The van der Waals surface area contributed by atoms with E-state index in [1.165, 1.54) is 19.3 Å². The van der Waals surface area contributed by atoms with E-state index in [1.54, 1.807) is 0 Å². The summed E-state index contributed by atoms with van der Waals surface area (Å²) < 4.78 is 0. The molecule has 96 valence electrons. The zero-order valence-electron chi connectivity index (χ0n) is 11.1. The molecule has 0 saturated heterocycles. The van der Waals surface area contributed by atoms with E-state index in [1.807, 2.05) is 0 Å². The van der Waals surface area contributed by atoms with Gasteiger partial charge >= 0.3 is 0 Å². The Bertz CT molecular complexity index is 189. The van der Waals surface area contributed by atoms with E-state index in [9.17, 15) is 5.11 Å². The second kappa shape index (κ2) is 6.58. The number of nitrogens with one attached hydrogen (secondary N) is 2. The second-order valence-electron chi connectivity index (χ2n) is 5.94. The summed E-state index contributed by atoms with van der Waals surface area (Å²) in [6.07, 6.45) is 5.65. The van der Waals surface area contributed by atoms with Crippen LogP contribution in [0.5, 0.6) is 0 Å². The molecule has 16 heavy (non-hydrogen) atoms. The van der Waals surface area contributed by atoms with Crippen LogP contribution in [0.4, 0.5) is 0 Å². The van der Waals surface area contributed by atoms with Crippen LogP contribution in [0.1, 0.15) is 52.9 Å². The molecule has 0 bridgehead atoms. The van der Waals surface area contributed by atoms with Gasteiger partial charge in [-0.25, -0.2) is 0 Å². The van der Waals surface area contributed by atoms with E-state index in [2.05, 4.69) is 31.4 Å². The average Bonchev–Trinajstić information content (AvgIpc) is 2.37. The van der Waals surface area contributed by atoms with Crippen molar-refractivity contribution in [2.75, 3.05) is 13.1 Å². The first-order valence-electron chi connectivity index (χ1n) is 6.65. The van der Waals surface area contributed by atoms with Crippen LogP contribution in [0.2, 0.25) is 0 Å². The molecule has 3 nitrogen and oxygen atoms in total. The van der Waals surface area contributed by atoms with Gasteiger partial charge in [-0.2, -0.15) is 0 Å². The fourth-order valence-corrected chi connectivity index (χ4v) is 2.22. The van der Waals surface area contributed by atoms with Gasteiger partial charge in [-0.15, -0.1) is 0 Å². The summed E-state index contributed by atoms with van der Waals surface area (Å²) in [7, 11) is 0. The molecule has 0 aliphatic heterocycles. The lowest BCUT2D eigenvalue weighted by atomic mass is 10.1. The number of aliphatic hydroxyl groups is 1. The largest absolute Gasteiger partial charge is 0.392 e. The van der Waals surface area contributed by atoms with Crippen LogP contribution >= 0.6 is 0 Å². The van der Waals surface area contributed by atoms with Crippen LogP contribution in [-0.4, -0.2) is 35.9 Å². The molecule has 2 unspecified atom stereocenters. The number of hydrogen-bond donors (Lipinski definition) is 3. The van der Waals surface area contributed by atoms with Gasteiger partial charge in [-0.1, -0.05) is 19.3 Å². The minimum absolute atomic E-state index is 0.142. The summed E-state index contributed by atoms with van der Waals surface area (Å²) in [4.78, 5) is 0. The Labute approximate surface area is 100 Å². The fourth-order valence-electron chi connectivity index (χ4n) is 2.22. The van der Waals surface area contributed by atoms with Crippen molar-refractivity contribution in [2.24, 2.45) is 0 Å². The molecule has 1 fully saturated rings. The third-order valence-corrected chi connectivity index (χ3v) is 3.17. The van der Waals surface area contributed by atoms with Crippen molar-refractivity contribution in [3.63, 3.8) is 0 Å². The minimum Gasteiger partial charge on any atom is -0.392 e. The first-order valence-corrected chi connectivity index (χ1v) is 6.65. The SMILES string of the molecule is CC(C)(C)NCCNC1CCCCCC1O. The molecule has 1 aliphatic rings. The lowest BCUT2D eigenvalue weighted by Gasteiger charge is -2.24. The molecular formula is C13H28N2O. The number of aliphatic hydroxyl groups excluding tert-OH is 1.